The smallest absolute Gasteiger partial charge is 0.0291 e. The Hall–Kier alpha value is -0.170. The maximum absolute atomic E-state index is 2.34. The maximum atomic E-state index is 2.34. The largest absolute Gasteiger partial charge is 0.154 e. The van der Waals surface area contributed by atoms with Crippen LogP contribution in [0.3, 0.4) is 0 Å². The molecule has 0 nitrogen and oxygen atoms in total. The highest BCUT2D eigenvalue weighted by atomic mass is 32.2. The molecule has 62 valence electrons. The van der Waals surface area contributed by atoms with Crippen molar-refractivity contribution in [3.63, 3.8) is 0 Å². The number of hydrogen-bond donors (Lipinski definition) is 0. The lowest BCUT2D eigenvalue weighted by molar-refractivity contribution is 0.946. The molecular formula is C10H16S. The molecule has 1 aliphatic carbocycles. The second kappa shape index (κ2) is 4.66. The Balaban J connectivity index is 2.47. The summed E-state index contributed by atoms with van der Waals surface area (Å²) >= 11 is 2.05. The average molecular weight is 168 g/mol. The van der Waals surface area contributed by atoms with Crippen molar-refractivity contribution in [1.29, 1.82) is 0 Å². The fourth-order valence-electron chi connectivity index (χ4n) is 1.37. The van der Waals surface area contributed by atoms with Gasteiger partial charge in [0.1, 0.15) is 0 Å². The Morgan fingerprint density at radius 1 is 1.55 bits per heavy atom. The molecule has 0 spiro atoms. The van der Waals surface area contributed by atoms with E-state index < -0.39 is 0 Å². The molecule has 0 aromatic heterocycles. The third-order valence-corrected chi connectivity index (χ3v) is 3.25. The normalized spacial score (nSPS) is 18.5. The minimum Gasteiger partial charge on any atom is -0.154 e. The lowest BCUT2D eigenvalue weighted by atomic mass is 10.1. The lowest BCUT2D eigenvalue weighted by Gasteiger charge is -2.12. The average Bonchev–Trinajstić information content (AvgIpc) is 2.52. The van der Waals surface area contributed by atoms with Gasteiger partial charge in [0.05, 0.1) is 0 Å². The van der Waals surface area contributed by atoms with Crippen LogP contribution in [0.5, 0.6) is 0 Å². The Labute approximate surface area is 73.8 Å². The zero-order chi connectivity index (χ0) is 8.10. The van der Waals surface area contributed by atoms with Crippen molar-refractivity contribution in [3.8, 4) is 0 Å². The van der Waals surface area contributed by atoms with Crippen molar-refractivity contribution in [2.75, 3.05) is 5.75 Å². The molecule has 11 heavy (non-hydrogen) atoms. The van der Waals surface area contributed by atoms with Crippen LogP contribution in [0.25, 0.3) is 0 Å². The van der Waals surface area contributed by atoms with Gasteiger partial charge >= 0.3 is 0 Å². The lowest BCUT2D eigenvalue weighted by Crippen LogP contribution is -2.02. The molecule has 1 heteroatoms. The molecule has 1 rings (SSSR count). The van der Waals surface area contributed by atoms with E-state index in [9.17, 15) is 0 Å². The summed E-state index contributed by atoms with van der Waals surface area (Å²) in [5.74, 6) is 1.23. The van der Waals surface area contributed by atoms with Crippen molar-refractivity contribution < 1.29 is 0 Å². The quantitative estimate of drug-likeness (QED) is 0.620. The van der Waals surface area contributed by atoms with Gasteiger partial charge in [-0.05, 0) is 24.2 Å². The summed E-state index contributed by atoms with van der Waals surface area (Å²) in [7, 11) is 0. The highest BCUT2D eigenvalue weighted by Gasteiger charge is 2.10. The summed E-state index contributed by atoms with van der Waals surface area (Å²) in [5, 5.41) is 0.749. The molecule has 1 aliphatic rings. The van der Waals surface area contributed by atoms with Gasteiger partial charge < -0.3 is 0 Å². The first-order valence-corrected chi connectivity index (χ1v) is 5.41. The van der Waals surface area contributed by atoms with Crippen LogP contribution in [0.15, 0.2) is 23.8 Å². The topological polar surface area (TPSA) is 0 Å². The van der Waals surface area contributed by atoms with E-state index in [1.165, 1.54) is 12.2 Å². The molecule has 0 fully saturated rings. The molecule has 1 atom stereocenters. The Morgan fingerprint density at radius 2 is 2.36 bits per heavy atom. The molecule has 0 aromatic rings. The Morgan fingerprint density at radius 3 is 2.82 bits per heavy atom. The fraction of sp³-hybridized carbons (Fsp3) is 0.600. The second-order valence-electron chi connectivity index (χ2n) is 2.69. The molecule has 0 bridgehead atoms. The highest BCUT2D eigenvalue weighted by molar-refractivity contribution is 8.00. The maximum Gasteiger partial charge on any atom is 0.0291 e. The van der Waals surface area contributed by atoms with E-state index in [4.69, 9.17) is 0 Å². The third-order valence-electron chi connectivity index (χ3n) is 1.91. The van der Waals surface area contributed by atoms with Crippen LogP contribution < -0.4 is 0 Å². The van der Waals surface area contributed by atoms with Gasteiger partial charge in [0.2, 0.25) is 0 Å². The monoisotopic (exact) mass is 168 g/mol. The molecule has 0 saturated carbocycles. The predicted molar refractivity (Wildman–Crippen MR) is 54.1 cm³/mol. The summed E-state index contributed by atoms with van der Waals surface area (Å²) in [6, 6.07) is 0. The summed E-state index contributed by atoms with van der Waals surface area (Å²) in [4.78, 5) is 0. The van der Waals surface area contributed by atoms with Gasteiger partial charge in [-0.25, -0.2) is 0 Å². The SMILES string of the molecule is CCSC(CC)C1=CCC=C1. The molecule has 0 radical (unpaired) electrons. The molecular weight excluding hydrogens is 152 g/mol. The van der Waals surface area contributed by atoms with E-state index in [0.717, 1.165) is 11.7 Å². The molecule has 0 aromatic carbocycles. The van der Waals surface area contributed by atoms with Crippen molar-refractivity contribution >= 4 is 11.8 Å². The minimum atomic E-state index is 0.749. The first-order valence-electron chi connectivity index (χ1n) is 4.36. The summed E-state index contributed by atoms with van der Waals surface area (Å²) < 4.78 is 0. The van der Waals surface area contributed by atoms with Gasteiger partial charge in [0.25, 0.3) is 0 Å². The summed E-state index contributed by atoms with van der Waals surface area (Å²) in [5.41, 5.74) is 1.54. The van der Waals surface area contributed by atoms with Crippen LogP contribution >= 0.6 is 11.8 Å². The Bertz CT molecular complexity index is 168. The predicted octanol–water partition coefficient (Wildman–Crippen LogP) is 3.40. The summed E-state index contributed by atoms with van der Waals surface area (Å²) in [6.07, 6.45) is 9.27. The number of rotatable bonds is 4. The minimum absolute atomic E-state index is 0.749. The highest BCUT2D eigenvalue weighted by Crippen LogP contribution is 2.26. The zero-order valence-corrected chi connectivity index (χ0v) is 8.16. The molecule has 0 N–H and O–H groups in total. The van der Waals surface area contributed by atoms with Crippen LogP contribution in [0.4, 0.5) is 0 Å². The zero-order valence-electron chi connectivity index (χ0n) is 7.34. The van der Waals surface area contributed by atoms with Gasteiger partial charge in [-0.3, -0.25) is 0 Å². The Kier molecular flexibility index (Phi) is 3.78. The third kappa shape index (κ3) is 2.41. The van der Waals surface area contributed by atoms with E-state index >= 15 is 0 Å². The van der Waals surface area contributed by atoms with E-state index in [1.807, 2.05) is 0 Å². The van der Waals surface area contributed by atoms with Crippen LogP contribution in [0.2, 0.25) is 0 Å². The van der Waals surface area contributed by atoms with E-state index in [-0.39, 0.29) is 0 Å². The van der Waals surface area contributed by atoms with E-state index in [2.05, 4.69) is 43.8 Å². The second-order valence-corrected chi connectivity index (χ2v) is 4.17. The first kappa shape index (κ1) is 8.92. The molecule has 0 amide bonds. The summed E-state index contributed by atoms with van der Waals surface area (Å²) in [6.45, 7) is 4.49. The molecule has 0 saturated heterocycles. The van der Waals surface area contributed by atoms with E-state index in [0.29, 0.717) is 0 Å². The molecule has 0 heterocycles. The van der Waals surface area contributed by atoms with Gasteiger partial charge in [0, 0.05) is 5.25 Å². The van der Waals surface area contributed by atoms with Gasteiger partial charge in [0.15, 0.2) is 0 Å². The number of hydrogen-bond acceptors (Lipinski definition) is 1. The van der Waals surface area contributed by atoms with Crippen LogP contribution in [0, 0.1) is 0 Å². The number of thioether (sulfide) groups is 1. The molecule has 0 aliphatic heterocycles. The standard InChI is InChI=1S/C10H16S/c1-3-10(11-4-2)9-7-5-6-8-9/h5,7-8,10H,3-4,6H2,1-2H3. The van der Waals surface area contributed by atoms with E-state index in [1.54, 1.807) is 5.57 Å². The van der Waals surface area contributed by atoms with Gasteiger partial charge in [-0.2, -0.15) is 11.8 Å². The molecule has 1 unspecified atom stereocenters. The van der Waals surface area contributed by atoms with Gasteiger partial charge in [-0.15, -0.1) is 0 Å². The van der Waals surface area contributed by atoms with Crippen LogP contribution in [0.1, 0.15) is 26.7 Å². The van der Waals surface area contributed by atoms with Crippen molar-refractivity contribution in [2.24, 2.45) is 0 Å². The number of allylic oxidation sites excluding steroid dienone is 3. The van der Waals surface area contributed by atoms with Crippen LogP contribution in [-0.2, 0) is 0 Å². The van der Waals surface area contributed by atoms with Gasteiger partial charge in [-0.1, -0.05) is 32.1 Å². The van der Waals surface area contributed by atoms with Crippen LogP contribution in [-0.4, -0.2) is 11.0 Å². The van der Waals surface area contributed by atoms with Crippen molar-refractivity contribution in [2.45, 2.75) is 31.9 Å². The van der Waals surface area contributed by atoms with Crippen molar-refractivity contribution in [1.82, 2.24) is 0 Å². The first-order chi connectivity index (χ1) is 5.38. The fourth-order valence-corrected chi connectivity index (χ4v) is 2.37. The van der Waals surface area contributed by atoms with Crippen molar-refractivity contribution in [3.05, 3.63) is 23.8 Å².